The second kappa shape index (κ2) is 5.94. The van der Waals surface area contributed by atoms with Gasteiger partial charge < -0.3 is 9.84 Å². The molecular weight excluding hydrogens is 326 g/mol. The normalized spacial score (nSPS) is 14.6. The zero-order chi connectivity index (χ0) is 18.5. The summed E-state index contributed by atoms with van der Waals surface area (Å²) >= 11 is 0. The summed E-state index contributed by atoms with van der Waals surface area (Å²) in [7, 11) is 0. The van der Waals surface area contributed by atoms with Crippen LogP contribution in [-0.2, 0) is 5.41 Å². The van der Waals surface area contributed by atoms with E-state index in [1.165, 1.54) is 0 Å². The summed E-state index contributed by atoms with van der Waals surface area (Å²) in [5, 5.41) is 7.79. The first-order chi connectivity index (χ1) is 12.3. The molecule has 2 heterocycles. The third-order valence-corrected chi connectivity index (χ3v) is 4.86. The fourth-order valence-corrected chi connectivity index (χ4v) is 3.32. The van der Waals surface area contributed by atoms with Gasteiger partial charge in [-0.05, 0) is 42.9 Å². The average molecular weight is 349 g/mol. The molecule has 4 rings (SSSR count). The van der Waals surface area contributed by atoms with E-state index in [1.807, 2.05) is 31.2 Å². The molecule has 1 saturated carbocycles. The summed E-state index contributed by atoms with van der Waals surface area (Å²) < 4.78 is 5.35. The van der Waals surface area contributed by atoms with Crippen molar-refractivity contribution in [3.8, 4) is 0 Å². The average Bonchev–Trinajstić information content (AvgIpc) is 3.38. The Hall–Kier alpha value is -2.69. The number of pyridine rings is 1. The smallest absolute Gasteiger partial charge is 0.259 e. The van der Waals surface area contributed by atoms with Crippen molar-refractivity contribution < 1.29 is 9.32 Å². The molecule has 1 aliphatic rings. The summed E-state index contributed by atoms with van der Waals surface area (Å²) in [5.74, 6) is 0.278. The van der Waals surface area contributed by atoms with Crippen molar-refractivity contribution in [3.63, 3.8) is 0 Å². The third-order valence-electron chi connectivity index (χ3n) is 4.86. The van der Waals surface area contributed by atoms with Crippen molar-refractivity contribution in [2.24, 2.45) is 0 Å². The second-order valence-corrected chi connectivity index (χ2v) is 8.07. The van der Waals surface area contributed by atoms with E-state index in [9.17, 15) is 4.79 Å². The van der Waals surface area contributed by atoms with Crippen LogP contribution < -0.4 is 5.32 Å². The van der Waals surface area contributed by atoms with Gasteiger partial charge in [0.05, 0.1) is 16.6 Å². The van der Waals surface area contributed by atoms with Crippen LogP contribution in [0.4, 0.5) is 5.69 Å². The van der Waals surface area contributed by atoms with Gasteiger partial charge in [0, 0.05) is 17.3 Å². The molecule has 2 aromatic heterocycles. The van der Waals surface area contributed by atoms with Crippen molar-refractivity contribution in [2.75, 3.05) is 5.32 Å². The van der Waals surface area contributed by atoms with Crippen LogP contribution in [0.5, 0.6) is 0 Å². The minimum atomic E-state index is -0.151. The molecule has 0 unspecified atom stereocenters. The Labute approximate surface area is 152 Å². The highest BCUT2D eigenvalue weighted by molar-refractivity contribution is 6.12. The largest absolute Gasteiger partial charge is 0.336 e. The number of aryl methyl sites for hydroxylation is 1. The van der Waals surface area contributed by atoms with Crippen LogP contribution in [0.2, 0.25) is 0 Å². The highest BCUT2D eigenvalue weighted by atomic mass is 16.5. The van der Waals surface area contributed by atoms with E-state index < -0.39 is 0 Å². The summed E-state index contributed by atoms with van der Waals surface area (Å²) in [6.45, 7) is 8.25. The second-order valence-electron chi connectivity index (χ2n) is 8.07. The molecule has 0 bridgehead atoms. The number of carbonyl (C=O) groups excluding carboxylic acids is 1. The van der Waals surface area contributed by atoms with Gasteiger partial charge in [-0.2, -0.15) is 0 Å². The Bertz CT molecular complexity index is 994. The van der Waals surface area contributed by atoms with Crippen LogP contribution in [0.15, 0.2) is 34.9 Å². The fraction of sp³-hybridized carbons (Fsp3) is 0.381. The monoisotopic (exact) mass is 349 g/mol. The van der Waals surface area contributed by atoms with Gasteiger partial charge in [-0.15, -0.1) is 0 Å². The molecule has 0 radical (unpaired) electrons. The van der Waals surface area contributed by atoms with Crippen molar-refractivity contribution in [1.82, 2.24) is 10.1 Å². The lowest BCUT2D eigenvalue weighted by atomic mass is 9.86. The summed E-state index contributed by atoms with van der Waals surface area (Å²) in [6.07, 6.45) is 2.22. The van der Waals surface area contributed by atoms with Gasteiger partial charge in [0.15, 0.2) is 0 Å². The lowest BCUT2D eigenvalue weighted by molar-refractivity contribution is 0.102. The van der Waals surface area contributed by atoms with Gasteiger partial charge >= 0.3 is 0 Å². The number of aromatic nitrogens is 2. The Kier molecular flexibility index (Phi) is 3.83. The molecule has 5 heteroatoms. The molecule has 1 aromatic carbocycles. The zero-order valence-electron chi connectivity index (χ0n) is 15.6. The lowest BCUT2D eigenvalue weighted by Gasteiger charge is -2.23. The minimum Gasteiger partial charge on any atom is -0.336 e. The molecule has 0 aliphatic heterocycles. The molecule has 1 aliphatic carbocycles. The predicted octanol–water partition coefficient (Wildman–Crippen LogP) is 4.96. The van der Waals surface area contributed by atoms with Crippen LogP contribution in [0.3, 0.4) is 0 Å². The summed E-state index contributed by atoms with van der Waals surface area (Å²) in [4.78, 5) is 17.7. The Morgan fingerprint density at radius 2 is 1.96 bits per heavy atom. The van der Waals surface area contributed by atoms with Gasteiger partial charge in [-0.25, -0.2) is 4.98 Å². The van der Waals surface area contributed by atoms with Crippen molar-refractivity contribution >= 4 is 22.7 Å². The summed E-state index contributed by atoms with van der Waals surface area (Å²) in [5.41, 5.74) is 4.50. The van der Waals surface area contributed by atoms with Crippen molar-refractivity contribution in [2.45, 2.75) is 51.9 Å². The quantitative estimate of drug-likeness (QED) is 0.726. The molecule has 0 spiro atoms. The number of carbonyl (C=O) groups is 1. The third kappa shape index (κ3) is 2.98. The topological polar surface area (TPSA) is 68.0 Å². The van der Waals surface area contributed by atoms with E-state index in [0.717, 1.165) is 29.8 Å². The van der Waals surface area contributed by atoms with Crippen LogP contribution in [-0.4, -0.2) is 16.0 Å². The SMILES string of the molecule is Cc1noc2nc(C3CC3)cc(C(=O)Nc3ccccc3C(C)(C)C)c12. The number of para-hydroxylation sites is 1. The maximum Gasteiger partial charge on any atom is 0.259 e. The predicted molar refractivity (Wildman–Crippen MR) is 102 cm³/mol. The molecule has 5 nitrogen and oxygen atoms in total. The Balaban J connectivity index is 1.77. The van der Waals surface area contributed by atoms with Gasteiger partial charge in [-0.3, -0.25) is 4.79 Å². The number of anilines is 1. The molecule has 3 aromatic rings. The first kappa shape index (κ1) is 16.8. The van der Waals surface area contributed by atoms with Crippen molar-refractivity contribution in [3.05, 3.63) is 52.8 Å². The van der Waals surface area contributed by atoms with Crippen molar-refractivity contribution in [1.29, 1.82) is 0 Å². The van der Waals surface area contributed by atoms with E-state index >= 15 is 0 Å². The highest BCUT2D eigenvalue weighted by Gasteiger charge is 2.29. The number of amides is 1. The summed E-state index contributed by atoms with van der Waals surface area (Å²) in [6, 6.07) is 9.83. The van der Waals surface area contributed by atoms with Gasteiger partial charge in [0.25, 0.3) is 11.6 Å². The first-order valence-corrected chi connectivity index (χ1v) is 9.02. The van der Waals surface area contributed by atoms with Crippen LogP contribution in [0.1, 0.15) is 66.8 Å². The molecular formula is C21H23N3O2. The lowest BCUT2D eigenvalue weighted by Crippen LogP contribution is -2.19. The van der Waals surface area contributed by atoms with Gasteiger partial charge in [0.1, 0.15) is 0 Å². The number of rotatable bonds is 3. The molecule has 1 N–H and O–H groups in total. The number of nitrogens with zero attached hydrogens (tertiary/aromatic N) is 2. The Morgan fingerprint density at radius 3 is 2.65 bits per heavy atom. The maximum absolute atomic E-state index is 13.1. The van der Waals surface area contributed by atoms with Gasteiger partial charge in [0.2, 0.25) is 0 Å². The van der Waals surface area contributed by atoms with Crippen LogP contribution >= 0.6 is 0 Å². The fourth-order valence-electron chi connectivity index (χ4n) is 3.32. The number of fused-ring (bicyclic) bond motifs is 1. The number of hydrogen-bond acceptors (Lipinski definition) is 4. The Morgan fingerprint density at radius 1 is 1.23 bits per heavy atom. The molecule has 26 heavy (non-hydrogen) atoms. The van der Waals surface area contributed by atoms with E-state index in [1.54, 1.807) is 0 Å². The molecule has 1 amide bonds. The molecule has 1 fully saturated rings. The maximum atomic E-state index is 13.1. The number of hydrogen-bond donors (Lipinski definition) is 1. The zero-order valence-corrected chi connectivity index (χ0v) is 15.6. The van der Waals surface area contributed by atoms with E-state index in [4.69, 9.17) is 4.52 Å². The first-order valence-electron chi connectivity index (χ1n) is 9.02. The van der Waals surface area contributed by atoms with Crippen LogP contribution in [0.25, 0.3) is 11.1 Å². The molecule has 0 atom stereocenters. The standard InChI is InChI=1S/C21H23N3O2/c1-12-18-14(11-17(13-9-10-13)23-20(18)26-24-12)19(25)22-16-8-6-5-7-15(16)21(2,3)4/h5-8,11,13H,9-10H2,1-4H3,(H,22,25). The van der Waals surface area contributed by atoms with E-state index in [-0.39, 0.29) is 11.3 Å². The number of benzene rings is 1. The molecule has 0 saturated heterocycles. The molecule has 134 valence electrons. The minimum absolute atomic E-state index is 0.0658. The van der Waals surface area contributed by atoms with E-state index in [2.05, 4.69) is 42.3 Å². The number of nitrogens with one attached hydrogen (secondary N) is 1. The van der Waals surface area contributed by atoms with E-state index in [0.29, 0.717) is 28.3 Å². The highest BCUT2D eigenvalue weighted by Crippen LogP contribution is 2.40. The van der Waals surface area contributed by atoms with Gasteiger partial charge in [-0.1, -0.05) is 44.1 Å². The van der Waals surface area contributed by atoms with Crippen LogP contribution in [0, 0.1) is 6.92 Å².